The van der Waals surface area contributed by atoms with Crippen molar-refractivity contribution in [2.75, 3.05) is 22.1 Å². The number of thioether (sulfide) groups is 1. The van der Waals surface area contributed by atoms with E-state index in [1.807, 2.05) is 0 Å². The highest BCUT2D eigenvalue weighted by atomic mass is 32.2. The third-order valence-corrected chi connectivity index (χ3v) is 6.53. The van der Waals surface area contributed by atoms with Gasteiger partial charge in [-0.05, 0) is 30.3 Å². The van der Waals surface area contributed by atoms with Gasteiger partial charge in [0.1, 0.15) is 11.6 Å². The van der Waals surface area contributed by atoms with Crippen LogP contribution in [0, 0.1) is 11.6 Å². The molecule has 1 heterocycles. The topological polar surface area (TPSA) is 92.3 Å². The number of carbonyl (C=O) groups excluding carboxylic acids is 2. The molecule has 0 atom stereocenters. The Morgan fingerprint density at radius 3 is 2.74 bits per heavy atom. The van der Waals surface area contributed by atoms with Gasteiger partial charge >= 0.3 is 0 Å². The van der Waals surface area contributed by atoms with Crippen molar-refractivity contribution < 1.29 is 26.8 Å². The molecule has 0 aromatic heterocycles. The number of fused-ring (bicyclic) bond motifs is 1. The zero-order valence-corrected chi connectivity index (χ0v) is 15.4. The maximum absolute atomic E-state index is 13.5. The van der Waals surface area contributed by atoms with Crippen molar-refractivity contribution in [2.45, 2.75) is 16.2 Å². The van der Waals surface area contributed by atoms with Gasteiger partial charge in [0, 0.05) is 17.4 Å². The molecule has 2 amide bonds. The highest BCUT2D eigenvalue weighted by Crippen LogP contribution is 2.33. The molecule has 0 spiro atoms. The van der Waals surface area contributed by atoms with E-state index >= 15 is 0 Å². The minimum atomic E-state index is -3.81. The number of rotatable bonds is 5. The Balaban J connectivity index is 1.68. The summed E-state index contributed by atoms with van der Waals surface area (Å²) in [5.74, 6) is -2.79. The lowest BCUT2D eigenvalue weighted by Gasteiger charge is -2.17. The molecule has 2 aromatic carbocycles. The molecule has 1 aliphatic heterocycles. The molecule has 0 fully saturated rings. The van der Waals surface area contributed by atoms with Crippen LogP contribution in [0.5, 0.6) is 0 Å². The largest absolute Gasteiger partial charge is 0.324 e. The number of benzene rings is 2. The van der Waals surface area contributed by atoms with Crippen LogP contribution in [0.2, 0.25) is 0 Å². The average Bonchev–Trinajstić information content (AvgIpc) is 2.62. The van der Waals surface area contributed by atoms with Crippen LogP contribution in [-0.4, -0.2) is 31.7 Å². The zero-order valence-electron chi connectivity index (χ0n) is 13.8. The fraction of sp³-hybridized carbons (Fsp3) is 0.176. The van der Waals surface area contributed by atoms with Crippen molar-refractivity contribution in [2.24, 2.45) is 0 Å². The summed E-state index contributed by atoms with van der Waals surface area (Å²) < 4.78 is 51.5. The Labute approximate surface area is 158 Å². The molecule has 0 aliphatic carbocycles. The average molecular weight is 412 g/mol. The fourth-order valence-corrected chi connectivity index (χ4v) is 4.46. The number of amides is 2. The van der Waals surface area contributed by atoms with Gasteiger partial charge in [0.2, 0.25) is 11.8 Å². The lowest BCUT2D eigenvalue weighted by Crippen LogP contribution is -2.20. The van der Waals surface area contributed by atoms with Crippen LogP contribution < -0.4 is 10.6 Å². The molecular weight excluding hydrogens is 398 g/mol. The second-order valence-corrected chi connectivity index (χ2v) is 8.86. The van der Waals surface area contributed by atoms with Gasteiger partial charge in [-0.25, -0.2) is 17.2 Å². The summed E-state index contributed by atoms with van der Waals surface area (Å²) in [6, 6.07) is 6.92. The first-order valence-electron chi connectivity index (χ1n) is 7.79. The molecule has 0 unspecified atom stereocenters. The van der Waals surface area contributed by atoms with E-state index in [0.29, 0.717) is 5.69 Å². The van der Waals surface area contributed by atoms with Crippen LogP contribution in [0.1, 0.15) is 6.42 Å². The predicted molar refractivity (Wildman–Crippen MR) is 97.5 cm³/mol. The van der Waals surface area contributed by atoms with Gasteiger partial charge in [-0.3, -0.25) is 9.59 Å². The van der Waals surface area contributed by atoms with Crippen LogP contribution in [0.25, 0.3) is 0 Å². The van der Waals surface area contributed by atoms with Gasteiger partial charge in [-0.15, -0.1) is 11.8 Å². The fourth-order valence-electron chi connectivity index (χ4n) is 2.41. The van der Waals surface area contributed by atoms with E-state index in [-0.39, 0.29) is 22.2 Å². The minimum Gasteiger partial charge on any atom is -0.324 e. The first-order valence-corrected chi connectivity index (χ1v) is 10.4. The summed E-state index contributed by atoms with van der Waals surface area (Å²) >= 11 is 1.30. The lowest BCUT2D eigenvalue weighted by atomic mass is 10.3. The summed E-state index contributed by atoms with van der Waals surface area (Å²) in [5, 5.41) is 4.75. The smallest absolute Gasteiger partial charge is 0.234 e. The molecule has 3 rings (SSSR count). The number of carbonyl (C=O) groups is 2. The van der Waals surface area contributed by atoms with Gasteiger partial charge in [-0.2, -0.15) is 0 Å². The Morgan fingerprint density at radius 2 is 1.96 bits per heavy atom. The van der Waals surface area contributed by atoms with Crippen molar-refractivity contribution in [1.29, 1.82) is 0 Å². The number of hydrogen-bond acceptors (Lipinski definition) is 5. The molecule has 2 N–H and O–H groups in total. The van der Waals surface area contributed by atoms with E-state index in [2.05, 4.69) is 10.6 Å². The van der Waals surface area contributed by atoms with Crippen LogP contribution >= 0.6 is 11.8 Å². The molecule has 10 heteroatoms. The summed E-state index contributed by atoms with van der Waals surface area (Å²) in [4.78, 5) is 24.1. The van der Waals surface area contributed by atoms with E-state index < -0.39 is 39.6 Å². The number of nitrogens with one attached hydrogen (secondary N) is 2. The first kappa shape index (κ1) is 19.3. The predicted octanol–water partition coefficient (Wildman–Crippen LogP) is 2.81. The Hall–Kier alpha value is -2.46. The summed E-state index contributed by atoms with van der Waals surface area (Å²) in [6.45, 7) is 0. The summed E-state index contributed by atoms with van der Waals surface area (Å²) in [7, 11) is -3.81. The Kier molecular flexibility index (Phi) is 5.47. The molecule has 2 aromatic rings. The number of sulfone groups is 1. The quantitative estimate of drug-likeness (QED) is 0.788. The van der Waals surface area contributed by atoms with Gasteiger partial charge in [0.05, 0.1) is 27.8 Å². The molecular formula is C17H14F2N2O4S2. The molecule has 0 saturated carbocycles. The van der Waals surface area contributed by atoms with Gasteiger partial charge in [0.25, 0.3) is 0 Å². The number of hydrogen-bond donors (Lipinski definition) is 2. The highest BCUT2D eigenvalue weighted by molar-refractivity contribution is 8.00. The Morgan fingerprint density at radius 1 is 1.19 bits per heavy atom. The molecule has 0 bridgehead atoms. The second-order valence-electron chi connectivity index (χ2n) is 5.74. The number of halogens is 2. The molecule has 142 valence electrons. The third kappa shape index (κ3) is 4.64. The van der Waals surface area contributed by atoms with E-state index in [9.17, 15) is 26.8 Å². The molecule has 1 aliphatic rings. The van der Waals surface area contributed by atoms with Gasteiger partial charge < -0.3 is 10.6 Å². The Bertz CT molecular complexity index is 1030. The second kappa shape index (κ2) is 7.65. The van der Waals surface area contributed by atoms with Crippen LogP contribution in [0.3, 0.4) is 0 Å². The van der Waals surface area contributed by atoms with Gasteiger partial charge in [0.15, 0.2) is 9.84 Å². The van der Waals surface area contributed by atoms with Crippen LogP contribution in [-0.2, 0) is 19.4 Å². The van der Waals surface area contributed by atoms with Gasteiger partial charge in [-0.1, -0.05) is 0 Å². The summed E-state index contributed by atoms with van der Waals surface area (Å²) in [5.41, 5.74) is 0.0505. The normalized spacial score (nSPS) is 13.6. The van der Waals surface area contributed by atoms with Crippen molar-refractivity contribution in [3.05, 3.63) is 48.0 Å². The van der Waals surface area contributed by atoms with E-state index in [0.717, 1.165) is 23.1 Å². The zero-order chi connectivity index (χ0) is 19.6. The van der Waals surface area contributed by atoms with Crippen molar-refractivity contribution in [1.82, 2.24) is 0 Å². The number of anilines is 2. The van der Waals surface area contributed by atoms with E-state index in [1.54, 1.807) is 6.07 Å². The maximum atomic E-state index is 13.5. The third-order valence-electron chi connectivity index (χ3n) is 3.74. The molecule has 6 nitrogen and oxygen atoms in total. The van der Waals surface area contributed by atoms with Crippen molar-refractivity contribution >= 4 is 44.8 Å². The highest BCUT2D eigenvalue weighted by Gasteiger charge is 2.21. The minimum absolute atomic E-state index is 0.0335. The lowest BCUT2D eigenvalue weighted by molar-refractivity contribution is -0.116. The maximum Gasteiger partial charge on any atom is 0.234 e. The SMILES string of the molecule is O=C(CCS(=O)(=O)c1ccc2c(c1)NC(=O)CS2)Nc1cc(F)ccc1F. The van der Waals surface area contributed by atoms with Crippen molar-refractivity contribution in [3.8, 4) is 0 Å². The van der Waals surface area contributed by atoms with E-state index in [4.69, 9.17) is 0 Å². The van der Waals surface area contributed by atoms with Crippen LogP contribution in [0.4, 0.5) is 20.2 Å². The summed E-state index contributed by atoms with van der Waals surface area (Å²) in [6.07, 6.45) is -0.434. The monoisotopic (exact) mass is 412 g/mol. The molecule has 27 heavy (non-hydrogen) atoms. The molecule has 0 saturated heterocycles. The van der Waals surface area contributed by atoms with Crippen molar-refractivity contribution in [3.63, 3.8) is 0 Å². The molecule has 0 radical (unpaired) electrons. The standard InChI is InChI=1S/C17H14F2N2O4S2/c18-10-1-3-12(19)13(7-10)20-16(22)5-6-27(24,25)11-2-4-15-14(8-11)21-17(23)9-26-15/h1-4,7-8H,5-6,9H2,(H,20,22)(H,21,23). The van der Waals surface area contributed by atoms with E-state index in [1.165, 1.54) is 23.9 Å². The first-order chi connectivity index (χ1) is 12.7. The van der Waals surface area contributed by atoms with Crippen LogP contribution in [0.15, 0.2) is 46.2 Å².